The Bertz CT molecular complexity index is 549. The molecular formula is C17H27N3O4. The van der Waals surface area contributed by atoms with Gasteiger partial charge in [-0.25, -0.2) is 0 Å². The highest BCUT2D eigenvalue weighted by Gasteiger charge is 2.36. The molecule has 1 aromatic carbocycles. The SMILES string of the molecule is COc1cccc(OC)c1C(C(=O)O)N(C)CC1C(C)NNC1C. The minimum atomic E-state index is -0.931. The molecule has 1 heterocycles. The summed E-state index contributed by atoms with van der Waals surface area (Å²) in [4.78, 5) is 13.9. The van der Waals surface area contributed by atoms with Gasteiger partial charge < -0.3 is 14.6 Å². The van der Waals surface area contributed by atoms with Crippen LogP contribution in [0, 0.1) is 5.92 Å². The Balaban J connectivity index is 2.34. The van der Waals surface area contributed by atoms with E-state index in [1.54, 1.807) is 18.2 Å². The summed E-state index contributed by atoms with van der Waals surface area (Å²) in [6.07, 6.45) is 0. The lowest BCUT2D eigenvalue weighted by atomic mass is 9.94. The minimum absolute atomic E-state index is 0.261. The average Bonchev–Trinajstić information content (AvgIpc) is 2.86. The smallest absolute Gasteiger partial charge is 0.325 e. The summed E-state index contributed by atoms with van der Waals surface area (Å²) in [7, 11) is 4.89. The first-order valence-electron chi connectivity index (χ1n) is 8.05. The molecule has 134 valence electrons. The van der Waals surface area contributed by atoms with Crippen LogP contribution in [-0.4, -0.2) is 55.9 Å². The van der Waals surface area contributed by atoms with Crippen LogP contribution in [0.2, 0.25) is 0 Å². The number of methoxy groups -OCH3 is 2. The number of carboxylic acid groups (broad SMARTS) is 1. The number of hydrogen-bond acceptors (Lipinski definition) is 6. The van der Waals surface area contributed by atoms with Crippen LogP contribution in [0.4, 0.5) is 0 Å². The van der Waals surface area contributed by atoms with Gasteiger partial charge in [-0.05, 0) is 33.0 Å². The van der Waals surface area contributed by atoms with Gasteiger partial charge >= 0.3 is 5.97 Å². The zero-order valence-electron chi connectivity index (χ0n) is 14.9. The number of ether oxygens (including phenoxy) is 2. The summed E-state index contributed by atoms with van der Waals surface area (Å²) >= 11 is 0. The quantitative estimate of drug-likeness (QED) is 0.691. The molecule has 0 saturated carbocycles. The van der Waals surface area contributed by atoms with Crippen LogP contribution < -0.4 is 20.3 Å². The first-order valence-corrected chi connectivity index (χ1v) is 8.05. The lowest BCUT2D eigenvalue weighted by Gasteiger charge is -2.31. The predicted molar refractivity (Wildman–Crippen MR) is 91.2 cm³/mol. The Morgan fingerprint density at radius 1 is 1.21 bits per heavy atom. The van der Waals surface area contributed by atoms with Crippen molar-refractivity contribution >= 4 is 5.97 Å². The number of nitrogens with zero attached hydrogens (tertiary/aromatic N) is 1. The molecule has 1 saturated heterocycles. The number of benzene rings is 1. The fraction of sp³-hybridized carbons (Fsp3) is 0.588. The third-order valence-electron chi connectivity index (χ3n) is 4.74. The van der Waals surface area contributed by atoms with Gasteiger partial charge in [-0.2, -0.15) is 0 Å². The maximum atomic E-state index is 12.0. The topological polar surface area (TPSA) is 83.1 Å². The summed E-state index contributed by atoms with van der Waals surface area (Å²) in [6.45, 7) is 4.81. The van der Waals surface area contributed by atoms with E-state index in [2.05, 4.69) is 24.7 Å². The first kappa shape index (κ1) is 18.5. The summed E-state index contributed by atoms with van der Waals surface area (Å²) in [5.74, 6) is 0.381. The van der Waals surface area contributed by atoms with Crippen LogP contribution in [0.25, 0.3) is 0 Å². The Kier molecular flexibility index (Phi) is 6.04. The van der Waals surface area contributed by atoms with Crippen LogP contribution in [-0.2, 0) is 4.79 Å². The molecule has 0 bridgehead atoms. The van der Waals surface area contributed by atoms with Crippen molar-refractivity contribution in [3.63, 3.8) is 0 Å². The molecule has 0 spiro atoms. The van der Waals surface area contributed by atoms with Crippen LogP contribution in [0.1, 0.15) is 25.5 Å². The standard InChI is InChI=1S/C17H27N3O4/c1-10-12(11(2)19-18-10)9-20(3)16(17(21)22)15-13(23-4)7-6-8-14(15)24-5/h6-8,10-12,16,18-19H,9H2,1-5H3,(H,21,22). The lowest BCUT2D eigenvalue weighted by Crippen LogP contribution is -2.40. The molecule has 1 fully saturated rings. The van der Waals surface area contributed by atoms with Gasteiger partial charge in [0.15, 0.2) is 0 Å². The number of carboxylic acids is 1. The molecule has 1 aliphatic rings. The van der Waals surface area contributed by atoms with E-state index in [1.165, 1.54) is 14.2 Å². The van der Waals surface area contributed by atoms with Gasteiger partial charge in [0, 0.05) is 24.5 Å². The Hall–Kier alpha value is -1.83. The number of nitrogens with one attached hydrogen (secondary N) is 2. The maximum absolute atomic E-state index is 12.0. The Morgan fingerprint density at radius 3 is 2.12 bits per heavy atom. The van der Waals surface area contributed by atoms with Gasteiger partial charge in [0.25, 0.3) is 0 Å². The molecule has 1 aliphatic heterocycles. The molecule has 3 N–H and O–H groups in total. The van der Waals surface area contributed by atoms with Crippen LogP contribution >= 0.6 is 0 Å². The highest BCUT2D eigenvalue weighted by Crippen LogP contribution is 2.37. The molecular weight excluding hydrogens is 310 g/mol. The molecule has 1 aromatic rings. The molecule has 7 heteroatoms. The zero-order valence-corrected chi connectivity index (χ0v) is 14.9. The summed E-state index contributed by atoms with van der Waals surface area (Å²) < 4.78 is 10.8. The first-order chi connectivity index (χ1) is 11.4. The molecule has 3 unspecified atom stereocenters. The molecule has 24 heavy (non-hydrogen) atoms. The van der Waals surface area contributed by atoms with Crippen molar-refractivity contribution in [2.75, 3.05) is 27.8 Å². The van der Waals surface area contributed by atoms with Gasteiger partial charge in [0.05, 0.1) is 19.8 Å². The van der Waals surface area contributed by atoms with Crippen LogP contribution in [0.15, 0.2) is 18.2 Å². The van der Waals surface area contributed by atoms with Crippen molar-refractivity contribution in [3.05, 3.63) is 23.8 Å². The summed E-state index contributed by atoms with van der Waals surface area (Å²) in [5, 5.41) is 9.86. The van der Waals surface area contributed by atoms with Gasteiger partial charge in [-0.1, -0.05) is 6.07 Å². The van der Waals surface area contributed by atoms with Crippen molar-refractivity contribution in [2.24, 2.45) is 5.92 Å². The highest BCUT2D eigenvalue weighted by molar-refractivity contribution is 5.78. The van der Waals surface area contributed by atoms with E-state index in [9.17, 15) is 9.90 Å². The van der Waals surface area contributed by atoms with Gasteiger partial charge in [-0.15, -0.1) is 0 Å². The third-order valence-corrected chi connectivity index (χ3v) is 4.74. The van der Waals surface area contributed by atoms with Crippen molar-refractivity contribution in [3.8, 4) is 11.5 Å². The number of hydrazine groups is 1. The maximum Gasteiger partial charge on any atom is 0.325 e. The number of likely N-dealkylation sites (N-methyl/N-ethyl adjacent to an activating group) is 1. The van der Waals surface area contributed by atoms with E-state index < -0.39 is 12.0 Å². The van der Waals surface area contributed by atoms with Crippen molar-refractivity contribution in [1.29, 1.82) is 0 Å². The Labute approximate surface area is 142 Å². The van der Waals surface area contributed by atoms with Gasteiger partial charge in [0.2, 0.25) is 0 Å². The third kappa shape index (κ3) is 3.63. The molecule has 0 aromatic heterocycles. The molecule has 0 radical (unpaired) electrons. The summed E-state index contributed by atoms with van der Waals surface area (Å²) in [5.41, 5.74) is 6.95. The molecule has 2 rings (SSSR count). The second-order valence-electron chi connectivity index (χ2n) is 6.29. The van der Waals surface area contributed by atoms with Crippen molar-refractivity contribution in [2.45, 2.75) is 32.0 Å². The second kappa shape index (κ2) is 7.83. The fourth-order valence-electron chi connectivity index (χ4n) is 3.35. The number of hydrogen-bond donors (Lipinski definition) is 3. The van der Waals surface area contributed by atoms with Gasteiger partial charge in [-0.3, -0.25) is 20.5 Å². The minimum Gasteiger partial charge on any atom is -0.496 e. The van der Waals surface area contributed by atoms with E-state index in [-0.39, 0.29) is 18.0 Å². The number of aliphatic carboxylic acids is 1. The van der Waals surface area contributed by atoms with Crippen molar-refractivity contribution in [1.82, 2.24) is 15.8 Å². The largest absolute Gasteiger partial charge is 0.496 e. The molecule has 0 amide bonds. The fourth-order valence-corrected chi connectivity index (χ4v) is 3.35. The Morgan fingerprint density at radius 2 is 1.71 bits per heavy atom. The monoisotopic (exact) mass is 337 g/mol. The zero-order chi connectivity index (χ0) is 17.9. The van der Waals surface area contributed by atoms with Crippen LogP contribution in [0.5, 0.6) is 11.5 Å². The molecule has 3 atom stereocenters. The van der Waals surface area contributed by atoms with Crippen LogP contribution in [0.3, 0.4) is 0 Å². The highest BCUT2D eigenvalue weighted by atomic mass is 16.5. The average molecular weight is 337 g/mol. The number of rotatable bonds is 7. The molecule has 7 nitrogen and oxygen atoms in total. The van der Waals surface area contributed by atoms with E-state index in [0.29, 0.717) is 23.6 Å². The van der Waals surface area contributed by atoms with Gasteiger partial charge in [0.1, 0.15) is 17.5 Å². The van der Waals surface area contributed by atoms with E-state index in [1.807, 2.05) is 11.9 Å². The number of carbonyl (C=O) groups is 1. The predicted octanol–water partition coefficient (Wildman–Crippen LogP) is 1.26. The van der Waals surface area contributed by atoms with Crippen molar-refractivity contribution < 1.29 is 19.4 Å². The van der Waals surface area contributed by atoms with E-state index in [0.717, 1.165) is 0 Å². The second-order valence-corrected chi connectivity index (χ2v) is 6.29. The van der Waals surface area contributed by atoms with E-state index in [4.69, 9.17) is 9.47 Å². The normalized spacial score (nSPS) is 24.8. The molecule has 0 aliphatic carbocycles. The van der Waals surface area contributed by atoms with E-state index >= 15 is 0 Å². The lowest BCUT2D eigenvalue weighted by molar-refractivity contribution is -0.143. The summed E-state index contributed by atoms with van der Waals surface area (Å²) in [6, 6.07) is 4.97.